The van der Waals surface area contributed by atoms with Gasteiger partial charge in [0, 0.05) is 22.8 Å². The fourth-order valence-corrected chi connectivity index (χ4v) is 4.55. The van der Waals surface area contributed by atoms with E-state index in [1.54, 1.807) is 0 Å². The van der Waals surface area contributed by atoms with Crippen molar-refractivity contribution in [1.82, 2.24) is 10.3 Å². The van der Waals surface area contributed by atoms with Crippen LogP contribution in [0.1, 0.15) is 81.8 Å². The first-order valence-corrected chi connectivity index (χ1v) is 8.98. The predicted molar refractivity (Wildman–Crippen MR) is 88.6 cm³/mol. The Morgan fingerprint density at radius 2 is 2.00 bits per heavy atom. The molecule has 114 valence electrons. The van der Waals surface area contributed by atoms with Crippen LogP contribution in [0.5, 0.6) is 0 Å². The van der Waals surface area contributed by atoms with Gasteiger partial charge in [-0.1, -0.05) is 41.0 Å². The molecule has 2 atom stereocenters. The smallest absolute Gasteiger partial charge is 0.0962 e. The quantitative estimate of drug-likeness (QED) is 0.840. The minimum Gasteiger partial charge on any atom is -0.312 e. The van der Waals surface area contributed by atoms with Crippen LogP contribution in [0.3, 0.4) is 0 Å². The topological polar surface area (TPSA) is 24.9 Å². The van der Waals surface area contributed by atoms with Crippen LogP contribution in [0.2, 0.25) is 0 Å². The summed E-state index contributed by atoms with van der Waals surface area (Å²) in [7, 11) is 0. The van der Waals surface area contributed by atoms with E-state index in [0.717, 1.165) is 24.9 Å². The first-order chi connectivity index (χ1) is 9.45. The Hall–Kier alpha value is -0.410. The number of aromatic nitrogens is 1. The molecule has 0 radical (unpaired) electrons. The molecule has 1 aliphatic carbocycles. The van der Waals surface area contributed by atoms with Crippen LogP contribution >= 0.6 is 11.3 Å². The second-order valence-electron chi connectivity index (χ2n) is 7.14. The lowest BCUT2D eigenvalue weighted by Gasteiger charge is -2.17. The molecule has 1 fully saturated rings. The third-order valence-electron chi connectivity index (χ3n) is 4.43. The molecule has 1 saturated carbocycles. The van der Waals surface area contributed by atoms with Crippen molar-refractivity contribution in [3.63, 3.8) is 0 Å². The molecule has 0 aromatic carbocycles. The summed E-state index contributed by atoms with van der Waals surface area (Å²) >= 11 is 1.96. The van der Waals surface area contributed by atoms with Gasteiger partial charge in [0.05, 0.1) is 10.7 Å². The van der Waals surface area contributed by atoms with E-state index in [4.69, 9.17) is 4.98 Å². The van der Waals surface area contributed by atoms with Gasteiger partial charge in [0.2, 0.25) is 0 Å². The molecule has 0 bridgehead atoms. The molecular formula is C17H30N2S. The van der Waals surface area contributed by atoms with Crippen molar-refractivity contribution in [2.45, 2.75) is 78.2 Å². The van der Waals surface area contributed by atoms with Crippen LogP contribution in [0.4, 0.5) is 0 Å². The van der Waals surface area contributed by atoms with Gasteiger partial charge in [0.1, 0.15) is 0 Å². The molecule has 1 heterocycles. The minimum absolute atomic E-state index is 0.155. The maximum absolute atomic E-state index is 5.06. The SMILES string of the molecule is CCNCc1sc(C2CCC(CC)C2)nc1C(C)(C)C. The molecule has 1 aliphatic rings. The largest absolute Gasteiger partial charge is 0.312 e. The zero-order chi connectivity index (χ0) is 14.8. The standard InChI is InChI=1S/C17H30N2S/c1-6-12-8-9-13(10-12)16-19-15(17(3,4)5)14(20-16)11-18-7-2/h12-13,18H,6-11H2,1-5H3. The van der Waals surface area contributed by atoms with Gasteiger partial charge in [-0.05, 0) is 31.7 Å². The summed E-state index contributed by atoms with van der Waals surface area (Å²) in [6.45, 7) is 13.3. The summed E-state index contributed by atoms with van der Waals surface area (Å²) in [5.74, 6) is 1.65. The summed E-state index contributed by atoms with van der Waals surface area (Å²) in [6.07, 6.45) is 5.43. The highest BCUT2D eigenvalue weighted by atomic mass is 32.1. The maximum atomic E-state index is 5.06. The molecule has 20 heavy (non-hydrogen) atoms. The van der Waals surface area contributed by atoms with Crippen molar-refractivity contribution < 1.29 is 0 Å². The number of rotatable bonds is 5. The van der Waals surface area contributed by atoms with Crippen LogP contribution in [-0.4, -0.2) is 11.5 Å². The lowest BCUT2D eigenvalue weighted by Crippen LogP contribution is -2.18. The van der Waals surface area contributed by atoms with Gasteiger partial charge < -0.3 is 5.32 Å². The van der Waals surface area contributed by atoms with Gasteiger partial charge >= 0.3 is 0 Å². The Labute approximate surface area is 128 Å². The molecule has 1 aromatic heterocycles. The van der Waals surface area contributed by atoms with Crippen molar-refractivity contribution in [2.75, 3.05) is 6.54 Å². The van der Waals surface area contributed by atoms with Crippen molar-refractivity contribution in [2.24, 2.45) is 5.92 Å². The Kier molecular flexibility index (Phi) is 5.25. The highest BCUT2D eigenvalue weighted by Gasteiger charge is 2.30. The van der Waals surface area contributed by atoms with E-state index in [0.29, 0.717) is 0 Å². The zero-order valence-electron chi connectivity index (χ0n) is 13.8. The van der Waals surface area contributed by atoms with Crippen LogP contribution in [0.25, 0.3) is 0 Å². The normalized spacial score (nSPS) is 23.4. The Morgan fingerprint density at radius 3 is 2.55 bits per heavy atom. The number of thiazole rings is 1. The third kappa shape index (κ3) is 3.62. The number of nitrogens with zero attached hydrogens (tertiary/aromatic N) is 1. The fraction of sp³-hybridized carbons (Fsp3) is 0.824. The van der Waals surface area contributed by atoms with Crippen LogP contribution < -0.4 is 5.32 Å². The average molecular weight is 295 g/mol. The first kappa shape index (κ1) is 16.0. The average Bonchev–Trinajstić information content (AvgIpc) is 3.01. The predicted octanol–water partition coefficient (Wildman–Crippen LogP) is 4.84. The van der Waals surface area contributed by atoms with Gasteiger partial charge in [0.15, 0.2) is 0 Å². The van der Waals surface area contributed by atoms with Crippen molar-refractivity contribution in [3.05, 3.63) is 15.6 Å². The second kappa shape index (κ2) is 6.57. The Morgan fingerprint density at radius 1 is 1.25 bits per heavy atom. The van der Waals surface area contributed by atoms with Crippen LogP contribution in [0.15, 0.2) is 0 Å². The minimum atomic E-state index is 0.155. The van der Waals surface area contributed by atoms with Gasteiger partial charge in [-0.25, -0.2) is 4.98 Å². The lowest BCUT2D eigenvalue weighted by molar-refractivity contribution is 0.518. The van der Waals surface area contributed by atoms with Crippen molar-refractivity contribution >= 4 is 11.3 Å². The van der Waals surface area contributed by atoms with E-state index in [2.05, 4.69) is 39.9 Å². The van der Waals surface area contributed by atoms with Crippen LogP contribution in [0, 0.1) is 5.92 Å². The molecule has 2 rings (SSSR count). The van der Waals surface area contributed by atoms with E-state index >= 15 is 0 Å². The van der Waals surface area contributed by atoms with Gasteiger partial charge in [-0.15, -0.1) is 11.3 Å². The van der Waals surface area contributed by atoms with Crippen molar-refractivity contribution in [3.8, 4) is 0 Å². The maximum Gasteiger partial charge on any atom is 0.0962 e. The van der Waals surface area contributed by atoms with Gasteiger partial charge in [0.25, 0.3) is 0 Å². The molecule has 2 nitrogen and oxygen atoms in total. The Bertz CT molecular complexity index is 431. The van der Waals surface area contributed by atoms with Crippen molar-refractivity contribution in [1.29, 1.82) is 0 Å². The fourth-order valence-electron chi connectivity index (χ4n) is 3.16. The molecule has 0 saturated heterocycles. The van der Waals surface area contributed by atoms with E-state index in [-0.39, 0.29) is 5.41 Å². The third-order valence-corrected chi connectivity index (χ3v) is 5.65. The first-order valence-electron chi connectivity index (χ1n) is 8.16. The molecule has 1 N–H and O–H groups in total. The Balaban J connectivity index is 2.20. The van der Waals surface area contributed by atoms with E-state index in [9.17, 15) is 0 Å². The molecule has 0 spiro atoms. The summed E-state index contributed by atoms with van der Waals surface area (Å²) in [5.41, 5.74) is 1.47. The van der Waals surface area contributed by atoms with E-state index < -0.39 is 0 Å². The summed E-state index contributed by atoms with van der Waals surface area (Å²) in [6, 6.07) is 0. The number of hydrogen-bond acceptors (Lipinski definition) is 3. The lowest BCUT2D eigenvalue weighted by atomic mass is 9.91. The molecular weight excluding hydrogens is 264 g/mol. The van der Waals surface area contributed by atoms with Gasteiger partial charge in [-0.3, -0.25) is 0 Å². The monoisotopic (exact) mass is 294 g/mol. The number of nitrogens with one attached hydrogen (secondary N) is 1. The highest BCUT2D eigenvalue weighted by molar-refractivity contribution is 7.11. The van der Waals surface area contributed by atoms with Gasteiger partial charge in [-0.2, -0.15) is 0 Å². The van der Waals surface area contributed by atoms with E-state index in [1.165, 1.54) is 41.3 Å². The molecule has 2 unspecified atom stereocenters. The highest BCUT2D eigenvalue weighted by Crippen LogP contribution is 2.43. The zero-order valence-corrected chi connectivity index (χ0v) is 14.6. The molecule has 3 heteroatoms. The molecule has 0 amide bonds. The summed E-state index contributed by atoms with van der Waals surface area (Å²) in [4.78, 5) is 6.52. The van der Waals surface area contributed by atoms with Crippen LogP contribution in [-0.2, 0) is 12.0 Å². The summed E-state index contributed by atoms with van der Waals surface area (Å²) < 4.78 is 0. The molecule has 1 aromatic rings. The molecule has 0 aliphatic heterocycles. The summed E-state index contributed by atoms with van der Waals surface area (Å²) in [5, 5.41) is 4.87. The second-order valence-corrected chi connectivity index (χ2v) is 8.25. The number of hydrogen-bond donors (Lipinski definition) is 1. The van der Waals surface area contributed by atoms with E-state index in [1.807, 2.05) is 11.3 Å².